The number of nitrogens with two attached hydrogens (primary N) is 1. The summed E-state index contributed by atoms with van der Waals surface area (Å²) in [5.74, 6) is 2.21. The number of benzene rings is 1. The molecule has 8 nitrogen and oxygen atoms in total. The Morgan fingerprint density at radius 3 is 2.77 bits per heavy atom. The average molecular weight is 424 g/mol. The van der Waals surface area contributed by atoms with Gasteiger partial charge in [-0.2, -0.15) is 4.98 Å². The van der Waals surface area contributed by atoms with E-state index in [4.69, 9.17) is 10.7 Å². The van der Waals surface area contributed by atoms with Crippen molar-refractivity contribution in [1.29, 1.82) is 0 Å². The Kier molecular flexibility index (Phi) is 6.99. The van der Waals surface area contributed by atoms with Gasteiger partial charge in [-0.1, -0.05) is 12.1 Å². The topological polar surface area (TPSA) is 99.4 Å². The van der Waals surface area contributed by atoms with Crippen LogP contribution in [0.3, 0.4) is 0 Å². The molecule has 1 saturated heterocycles. The van der Waals surface area contributed by atoms with Gasteiger partial charge < -0.3 is 26.2 Å². The third-order valence-electron chi connectivity index (χ3n) is 5.90. The van der Waals surface area contributed by atoms with E-state index in [1.807, 2.05) is 35.4 Å². The predicted molar refractivity (Wildman–Crippen MR) is 124 cm³/mol. The van der Waals surface area contributed by atoms with Gasteiger partial charge in [-0.05, 0) is 56.5 Å². The summed E-state index contributed by atoms with van der Waals surface area (Å²) < 4.78 is 0. The fourth-order valence-corrected chi connectivity index (χ4v) is 3.83. The molecule has 2 heterocycles. The zero-order chi connectivity index (χ0) is 21.6. The van der Waals surface area contributed by atoms with Gasteiger partial charge in [0.2, 0.25) is 11.9 Å². The third kappa shape index (κ3) is 5.92. The van der Waals surface area contributed by atoms with Crippen molar-refractivity contribution in [1.82, 2.24) is 19.8 Å². The molecule has 0 radical (unpaired) electrons. The van der Waals surface area contributed by atoms with Crippen LogP contribution in [-0.4, -0.2) is 72.0 Å². The molecule has 0 bridgehead atoms. The number of hydrogen-bond donors (Lipinski definition) is 3. The van der Waals surface area contributed by atoms with Crippen LogP contribution < -0.4 is 16.4 Å². The van der Waals surface area contributed by atoms with Crippen LogP contribution in [0.25, 0.3) is 0 Å². The zero-order valence-corrected chi connectivity index (χ0v) is 18.3. The molecular formula is C23H33N7O. The maximum atomic E-state index is 12.7. The van der Waals surface area contributed by atoms with E-state index >= 15 is 0 Å². The average Bonchev–Trinajstić information content (AvgIpc) is 3.60. The second kappa shape index (κ2) is 10.1. The minimum absolute atomic E-state index is 0.182. The van der Waals surface area contributed by atoms with E-state index in [1.54, 1.807) is 0 Å². The Hall–Kier alpha value is -2.71. The fourth-order valence-electron chi connectivity index (χ4n) is 3.83. The van der Waals surface area contributed by atoms with E-state index in [2.05, 4.69) is 27.6 Å². The maximum Gasteiger partial charge on any atom is 0.229 e. The number of anilines is 3. The molecule has 0 spiro atoms. The molecule has 2 fully saturated rings. The van der Waals surface area contributed by atoms with Crippen LogP contribution in [0.5, 0.6) is 0 Å². The number of nitrogens with one attached hydrogen (secondary N) is 2. The number of nitrogens with zero attached hydrogens (tertiary/aromatic N) is 4. The van der Waals surface area contributed by atoms with E-state index in [0.29, 0.717) is 24.8 Å². The summed E-state index contributed by atoms with van der Waals surface area (Å²) in [5.41, 5.74) is 8.69. The second-order valence-electron chi connectivity index (χ2n) is 8.53. The Bertz CT molecular complexity index is 891. The Labute approximate surface area is 184 Å². The number of hydrogen-bond acceptors (Lipinski definition) is 7. The van der Waals surface area contributed by atoms with E-state index in [9.17, 15) is 4.79 Å². The quantitative estimate of drug-likeness (QED) is 0.532. The first-order valence-corrected chi connectivity index (χ1v) is 11.3. The van der Waals surface area contributed by atoms with Gasteiger partial charge in [0.05, 0.1) is 6.42 Å². The Morgan fingerprint density at radius 1 is 1.23 bits per heavy atom. The number of aromatic nitrogens is 2. The van der Waals surface area contributed by atoms with Crippen molar-refractivity contribution in [3.05, 3.63) is 41.6 Å². The molecule has 0 unspecified atom stereocenters. The van der Waals surface area contributed by atoms with E-state index in [0.717, 1.165) is 56.2 Å². The summed E-state index contributed by atoms with van der Waals surface area (Å²) in [5, 5.41) is 6.72. The summed E-state index contributed by atoms with van der Waals surface area (Å²) in [4.78, 5) is 26.1. The van der Waals surface area contributed by atoms with Crippen LogP contribution in [0.2, 0.25) is 0 Å². The number of carbonyl (C=O) groups excluding carboxylic acids is 1. The highest BCUT2D eigenvalue weighted by Crippen LogP contribution is 2.42. The van der Waals surface area contributed by atoms with Crippen molar-refractivity contribution in [2.24, 2.45) is 5.73 Å². The highest BCUT2D eigenvalue weighted by Gasteiger charge is 2.27. The van der Waals surface area contributed by atoms with E-state index in [-0.39, 0.29) is 5.91 Å². The van der Waals surface area contributed by atoms with Crippen LogP contribution >= 0.6 is 0 Å². The van der Waals surface area contributed by atoms with E-state index < -0.39 is 0 Å². The van der Waals surface area contributed by atoms with Gasteiger partial charge in [0.15, 0.2) is 0 Å². The van der Waals surface area contributed by atoms with Crippen molar-refractivity contribution in [2.75, 3.05) is 56.9 Å². The van der Waals surface area contributed by atoms with Gasteiger partial charge in [0.25, 0.3) is 0 Å². The molecule has 166 valence electrons. The summed E-state index contributed by atoms with van der Waals surface area (Å²) in [6.07, 6.45) is 5.64. The second-order valence-corrected chi connectivity index (χ2v) is 8.53. The first-order chi connectivity index (χ1) is 15.1. The molecule has 1 aliphatic heterocycles. The van der Waals surface area contributed by atoms with Gasteiger partial charge >= 0.3 is 0 Å². The summed E-state index contributed by atoms with van der Waals surface area (Å²) in [6.45, 7) is 4.92. The Morgan fingerprint density at radius 2 is 2.03 bits per heavy atom. The molecule has 1 saturated carbocycles. The van der Waals surface area contributed by atoms with Crippen LogP contribution in [-0.2, 0) is 11.2 Å². The molecule has 1 aromatic carbocycles. The molecule has 0 atom stereocenters. The fraction of sp³-hybridized carbons (Fsp3) is 0.522. The minimum atomic E-state index is 0.182. The molecule has 4 N–H and O–H groups in total. The first kappa shape index (κ1) is 21.5. The van der Waals surface area contributed by atoms with Gasteiger partial charge in [-0.25, -0.2) is 4.98 Å². The van der Waals surface area contributed by atoms with Crippen LogP contribution in [0.1, 0.15) is 36.3 Å². The molecule has 8 heteroatoms. The van der Waals surface area contributed by atoms with Crippen LogP contribution in [0.15, 0.2) is 30.5 Å². The molecule has 2 aromatic rings. The van der Waals surface area contributed by atoms with Crippen LogP contribution in [0, 0.1) is 0 Å². The lowest BCUT2D eigenvalue weighted by molar-refractivity contribution is -0.132. The third-order valence-corrected chi connectivity index (χ3v) is 5.90. The lowest BCUT2D eigenvalue weighted by Gasteiger charge is -2.32. The van der Waals surface area contributed by atoms with Crippen molar-refractivity contribution >= 4 is 23.4 Å². The smallest absolute Gasteiger partial charge is 0.229 e. The summed E-state index contributed by atoms with van der Waals surface area (Å²) in [6, 6.07) is 7.95. The minimum Gasteiger partial charge on any atom is -0.370 e. The number of amides is 1. The van der Waals surface area contributed by atoms with Crippen molar-refractivity contribution in [2.45, 2.75) is 31.6 Å². The Balaban J connectivity index is 1.41. The molecule has 31 heavy (non-hydrogen) atoms. The number of likely N-dealkylation sites (N-methyl/N-ethyl adjacent to an activating group) is 1. The molecule has 1 amide bonds. The lowest BCUT2D eigenvalue weighted by Crippen LogP contribution is -2.47. The van der Waals surface area contributed by atoms with E-state index in [1.165, 1.54) is 18.4 Å². The number of piperazine rings is 1. The monoisotopic (exact) mass is 423 g/mol. The van der Waals surface area contributed by atoms with Gasteiger partial charge in [0, 0.05) is 50.2 Å². The van der Waals surface area contributed by atoms with Crippen molar-refractivity contribution in [3.8, 4) is 0 Å². The highest BCUT2D eigenvalue weighted by molar-refractivity contribution is 5.79. The normalized spacial score (nSPS) is 16.9. The molecular weight excluding hydrogens is 390 g/mol. The van der Waals surface area contributed by atoms with Gasteiger partial charge in [-0.3, -0.25) is 4.79 Å². The van der Waals surface area contributed by atoms with Gasteiger partial charge in [0.1, 0.15) is 5.82 Å². The molecule has 4 rings (SSSR count). The largest absolute Gasteiger partial charge is 0.370 e. The standard InChI is InChI=1S/C23H33N7O/c1-29-10-12-30(13-11-29)21(31)15-17-4-2-5-19(14-17)27-23-26-16-20(18-6-7-18)22(28-23)25-9-3-8-24/h2,4-5,14,16,18H,3,6-13,15,24H2,1H3,(H2,25,26,27,28). The van der Waals surface area contributed by atoms with Crippen molar-refractivity contribution < 1.29 is 4.79 Å². The molecule has 2 aliphatic rings. The number of rotatable bonds is 9. The summed E-state index contributed by atoms with van der Waals surface area (Å²) >= 11 is 0. The first-order valence-electron chi connectivity index (χ1n) is 11.3. The highest BCUT2D eigenvalue weighted by atomic mass is 16.2. The SMILES string of the molecule is CN1CCN(C(=O)Cc2cccc(Nc3ncc(C4CC4)c(NCCCN)n3)c2)CC1. The molecule has 1 aliphatic carbocycles. The zero-order valence-electron chi connectivity index (χ0n) is 18.3. The lowest BCUT2D eigenvalue weighted by atomic mass is 10.1. The van der Waals surface area contributed by atoms with Crippen molar-refractivity contribution in [3.63, 3.8) is 0 Å². The number of carbonyl (C=O) groups is 1. The summed E-state index contributed by atoms with van der Waals surface area (Å²) in [7, 11) is 2.09. The van der Waals surface area contributed by atoms with Gasteiger partial charge in [-0.15, -0.1) is 0 Å². The van der Waals surface area contributed by atoms with Crippen LogP contribution in [0.4, 0.5) is 17.5 Å². The molecule has 1 aromatic heterocycles. The predicted octanol–water partition coefficient (Wildman–Crippen LogP) is 2.17. The maximum absolute atomic E-state index is 12.7.